The molecule has 1 aliphatic heterocycles. The van der Waals surface area contributed by atoms with Crippen molar-refractivity contribution in [2.45, 2.75) is 65.8 Å². The van der Waals surface area contributed by atoms with E-state index in [9.17, 15) is 4.79 Å². The summed E-state index contributed by atoms with van der Waals surface area (Å²) in [6.45, 7) is 10.6. The Kier molecular flexibility index (Phi) is 5.64. The van der Waals surface area contributed by atoms with E-state index in [0.717, 1.165) is 32.4 Å². The molecule has 0 aromatic heterocycles. The molecule has 1 amide bonds. The van der Waals surface area contributed by atoms with Crippen LogP contribution in [0.25, 0.3) is 0 Å². The zero-order valence-corrected chi connectivity index (χ0v) is 12.5. The molecule has 3 nitrogen and oxygen atoms in total. The molecule has 1 heterocycles. The number of amides is 1. The van der Waals surface area contributed by atoms with Crippen LogP contribution in [-0.2, 0) is 4.79 Å². The van der Waals surface area contributed by atoms with Gasteiger partial charge in [0.25, 0.3) is 0 Å². The van der Waals surface area contributed by atoms with Gasteiger partial charge in [0.1, 0.15) is 0 Å². The molecule has 18 heavy (non-hydrogen) atoms. The zero-order chi connectivity index (χ0) is 13.8. The lowest BCUT2D eigenvalue weighted by molar-refractivity contribution is -0.135. The van der Waals surface area contributed by atoms with Crippen LogP contribution in [0, 0.1) is 11.3 Å². The second kappa shape index (κ2) is 6.55. The van der Waals surface area contributed by atoms with Crippen LogP contribution in [0.5, 0.6) is 0 Å². The average molecular weight is 254 g/mol. The fourth-order valence-corrected chi connectivity index (χ4v) is 3.00. The van der Waals surface area contributed by atoms with Crippen LogP contribution in [0.3, 0.4) is 0 Å². The highest BCUT2D eigenvalue weighted by Crippen LogP contribution is 2.37. The Bertz CT molecular complexity index is 262. The van der Waals surface area contributed by atoms with Crippen LogP contribution in [0.1, 0.15) is 59.8 Å². The standard InChI is InChI=1S/C15H30N2O/c1-5-15(6-2)7-9-17(10-8-15)14(18)13(16)11-12(3)4/h12-13H,5-11,16H2,1-4H3/t13-/m0/s1. The van der Waals surface area contributed by atoms with Crippen molar-refractivity contribution >= 4 is 5.91 Å². The van der Waals surface area contributed by atoms with E-state index in [0.29, 0.717) is 11.3 Å². The Morgan fingerprint density at radius 2 is 1.72 bits per heavy atom. The lowest BCUT2D eigenvalue weighted by Gasteiger charge is -2.41. The van der Waals surface area contributed by atoms with E-state index in [1.54, 1.807) is 0 Å². The molecule has 1 fully saturated rings. The Morgan fingerprint density at radius 1 is 1.22 bits per heavy atom. The second-order valence-corrected chi connectivity index (χ2v) is 6.27. The molecule has 3 heteroatoms. The number of hydrogen-bond donors (Lipinski definition) is 1. The van der Waals surface area contributed by atoms with Gasteiger partial charge in [0.05, 0.1) is 6.04 Å². The maximum absolute atomic E-state index is 12.2. The third kappa shape index (κ3) is 3.71. The average Bonchev–Trinajstić information content (AvgIpc) is 2.37. The van der Waals surface area contributed by atoms with Gasteiger partial charge in [0.15, 0.2) is 0 Å². The number of nitrogens with zero attached hydrogens (tertiary/aromatic N) is 1. The van der Waals surface area contributed by atoms with E-state index >= 15 is 0 Å². The van der Waals surface area contributed by atoms with Crippen LogP contribution in [0.2, 0.25) is 0 Å². The number of nitrogens with two attached hydrogens (primary N) is 1. The highest BCUT2D eigenvalue weighted by Gasteiger charge is 2.34. The lowest BCUT2D eigenvalue weighted by Crippen LogP contribution is -2.49. The molecule has 0 spiro atoms. The van der Waals surface area contributed by atoms with Crippen LogP contribution in [0.4, 0.5) is 0 Å². The molecule has 0 aromatic rings. The smallest absolute Gasteiger partial charge is 0.239 e. The molecule has 0 radical (unpaired) electrons. The largest absolute Gasteiger partial charge is 0.341 e. The summed E-state index contributed by atoms with van der Waals surface area (Å²) in [5.41, 5.74) is 6.46. The fraction of sp³-hybridized carbons (Fsp3) is 0.933. The Hall–Kier alpha value is -0.570. The van der Waals surface area contributed by atoms with E-state index in [4.69, 9.17) is 5.73 Å². The number of rotatable bonds is 5. The summed E-state index contributed by atoms with van der Waals surface area (Å²) in [6, 6.07) is -0.305. The highest BCUT2D eigenvalue weighted by molar-refractivity contribution is 5.81. The minimum atomic E-state index is -0.305. The molecule has 0 saturated carbocycles. The maximum Gasteiger partial charge on any atom is 0.239 e. The molecule has 1 atom stereocenters. The van der Waals surface area contributed by atoms with Gasteiger partial charge in [-0.25, -0.2) is 0 Å². The van der Waals surface area contributed by atoms with Crippen molar-refractivity contribution < 1.29 is 4.79 Å². The van der Waals surface area contributed by atoms with Crippen molar-refractivity contribution in [1.29, 1.82) is 0 Å². The normalized spacial score (nSPS) is 21.1. The van der Waals surface area contributed by atoms with Gasteiger partial charge in [-0.3, -0.25) is 4.79 Å². The monoisotopic (exact) mass is 254 g/mol. The van der Waals surface area contributed by atoms with Crippen molar-refractivity contribution in [2.24, 2.45) is 17.1 Å². The summed E-state index contributed by atoms with van der Waals surface area (Å²) in [4.78, 5) is 14.2. The summed E-state index contributed by atoms with van der Waals surface area (Å²) >= 11 is 0. The molecule has 2 N–H and O–H groups in total. The molecular formula is C15H30N2O. The topological polar surface area (TPSA) is 46.3 Å². The number of carbonyl (C=O) groups is 1. The van der Waals surface area contributed by atoms with E-state index in [1.165, 1.54) is 12.8 Å². The molecule has 1 aliphatic rings. The maximum atomic E-state index is 12.2. The molecule has 0 aliphatic carbocycles. The Labute approximate surface area is 112 Å². The van der Waals surface area contributed by atoms with Crippen molar-refractivity contribution in [3.05, 3.63) is 0 Å². The van der Waals surface area contributed by atoms with Gasteiger partial charge in [-0.05, 0) is 30.6 Å². The van der Waals surface area contributed by atoms with Gasteiger partial charge in [-0.2, -0.15) is 0 Å². The molecule has 0 unspecified atom stereocenters. The van der Waals surface area contributed by atoms with Gasteiger partial charge in [0.2, 0.25) is 5.91 Å². The van der Waals surface area contributed by atoms with E-state index in [2.05, 4.69) is 27.7 Å². The summed E-state index contributed by atoms with van der Waals surface area (Å²) in [5, 5.41) is 0. The molecule has 0 aromatic carbocycles. The van der Waals surface area contributed by atoms with E-state index in [-0.39, 0.29) is 11.9 Å². The van der Waals surface area contributed by atoms with Crippen molar-refractivity contribution in [3.63, 3.8) is 0 Å². The van der Waals surface area contributed by atoms with E-state index < -0.39 is 0 Å². The predicted molar refractivity (Wildman–Crippen MR) is 76.3 cm³/mol. The Balaban J connectivity index is 2.49. The zero-order valence-electron chi connectivity index (χ0n) is 12.5. The summed E-state index contributed by atoms with van der Waals surface area (Å²) in [6.07, 6.45) is 5.52. The number of hydrogen-bond acceptors (Lipinski definition) is 2. The minimum Gasteiger partial charge on any atom is -0.341 e. The minimum absolute atomic E-state index is 0.157. The fourth-order valence-electron chi connectivity index (χ4n) is 3.00. The first kappa shape index (κ1) is 15.5. The van der Waals surface area contributed by atoms with Gasteiger partial charge in [-0.1, -0.05) is 40.5 Å². The van der Waals surface area contributed by atoms with Crippen LogP contribution in [0.15, 0.2) is 0 Å². The van der Waals surface area contributed by atoms with Crippen LogP contribution in [-0.4, -0.2) is 29.9 Å². The summed E-state index contributed by atoms with van der Waals surface area (Å²) in [5.74, 6) is 0.642. The first-order valence-corrected chi connectivity index (χ1v) is 7.48. The predicted octanol–water partition coefficient (Wildman–Crippen LogP) is 2.79. The first-order valence-electron chi connectivity index (χ1n) is 7.48. The van der Waals surface area contributed by atoms with E-state index in [1.807, 2.05) is 4.90 Å². The third-order valence-corrected chi connectivity index (χ3v) is 4.68. The SMILES string of the molecule is CCC1(CC)CCN(C(=O)[C@@H](N)CC(C)C)CC1. The van der Waals surface area contributed by atoms with Crippen LogP contribution < -0.4 is 5.73 Å². The lowest BCUT2D eigenvalue weighted by atomic mass is 9.74. The summed E-state index contributed by atoms with van der Waals surface area (Å²) in [7, 11) is 0. The first-order chi connectivity index (χ1) is 8.44. The van der Waals surface area contributed by atoms with Crippen LogP contribution >= 0.6 is 0 Å². The Morgan fingerprint density at radius 3 is 2.11 bits per heavy atom. The molecule has 1 rings (SSSR count). The van der Waals surface area contributed by atoms with Gasteiger partial charge in [0, 0.05) is 13.1 Å². The second-order valence-electron chi connectivity index (χ2n) is 6.27. The highest BCUT2D eigenvalue weighted by atomic mass is 16.2. The van der Waals surface area contributed by atoms with Crippen molar-refractivity contribution in [2.75, 3.05) is 13.1 Å². The quantitative estimate of drug-likeness (QED) is 0.820. The molecule has 106 valence electrons. The molecular weight excluding hydrogens is 224 g/mol. The molecule has 0 bridgehead atoms. The molecule has 1 saturated heterocycles. The van der Waals surface area contributed by atoms with Gasteiger partial charge < -0.3 is 10.6 Å². The van der Waals surface area contributed by atoms with Crippen molar-refractivity contribution in [3.8, 4) is 0 Å². The number of carbonyl (C=O) groups excluding carboxylic acids is 1. The summed E-state index contributed by atoms with van der Waals surface area (Å²) < 4.78 is 0. The van der Waals surface area contributed by atoms with Gasteiger partial charge in [-0.15, -0.1) is 0 Å². The van der Waals surface area contributed by atoms with Gasteiger partial charge >= 0.3 is 0 Å². The van der Waals surface area contributed by atoms with Crippen molar-refractivity contribution in [1.82, 2.24) is 4.90 Å². The number of piperidine rings is 1. The third-order valence-electron chi connectivity index (χ3n) is 4.68. The number of likely N-dealkylation sites (tertiary alicyclic amines) is 1.